The molecule has 0 radical (unpaired) electrons. The third-order valence-electron chi connectivity index (χ3n) is 4.81. The summed E-state index contributed by atoms with van der Waals surface area (Å²) in [5.74, 6) is 0.986. The summed E-state index contributed by atoms with van der Waals surface area (Å²) < 4.78 is 5.35. The molecule has 3 aromatic rings. The Morgan fingerprint density at radius 1 is 1.18 bits per heavy atom. The highest BCUT2D eigenvalue weighted by atomic mass is 35.5. The lowest BCUT2D eigenvalue weighted by Crippen LogP contribution is -2.28. The molecular formula is C21H21ClN4O2. The smallest absolute Gasteiger partial charge is 0.256 e. The molecule has 7 heteroatoms. The Bertz CT molecular complexity index is 978. The van der Waals surface area contributed by atoms with Crippen molar-refractivity contribution in [3.8, 4) is 11.4 Å². The van der Waals surface area contributed by atoms with Crippen molar-refractivity contribution in [1.82, 2.24) is 15.0 Å². The molecule has 0 atom stereocenters. The second kappa shape index (κ2) is 8.02. The summed E-state index contributed by atoms with van der Waals surface area (Å²) in [4.78, 5) is 19.1. The van der Waals surface area contributed by atoms with Gasteiger partial charge < -0.3 is 14.7 Å². The lowest BCUT2D eigenvalue weighted by Gasteiger charge is -2.18. The third-order valence-corrected chi connectivity index (χ3v) is 5.05. The van der Waals surface area contributed by atoms with Gasteiger partial charge in [0.1, 0.15) is 0 Å². The fraction of sp³-hybridized carbons (Fsp3) is 0.286. The predicted molar refractivity (Wildman–Crippen MR) is 108 cm³/mol. The van der Waals surface area contributed by atoms with Crippen LogP contribution in [0.15, 0.2) is 47.0 Å². The van der Waals surface area contributed by atoms with Crippen molar-refractivity contribution in [2.45, 2.75) is 26.3 Å². The average molecular weight is 397 g/mol. The minimum atomic E-state index is -0.00614. The van der Waals surface area contributed by atoms with Gasteiger partial charge in [0.25, 0.3) is 5.91 Å². The molecule has 0 saturated carbocycles. The molecule has 1 N–H and O–H groups in total. The number of aromatic nitrogens is 2. The summed E-state index contributed by atoms with van der Waals surface area (Å²) in [5.41, 5.74) is 3.34. The van der Waals surface area contributed by atoms with Gasteiger partial charge in [0.2, 0.25) is 11.7 Å². The standard InChI is InChI=1S/C21H21ClN4O2/c1-14-4-6-15(7-5-14)20-24-19(28-25-20)13-23-18-9-8-16(22)12-17(18)21(27)26-10-2-3-11-26/h4-9,12,23H,2-3,10-11,13H2,1H3. The first-order valence-corrected chi connectivity index (χ1v) is 9.70. The van der Waals surface area contributed by atoms with Gasteiger partial charge in [-0.3, -0.25) is 4.79 Å². The van der Waals surface area contributed by atoms with E-state index >= 15 is 0 Å². The van der Waals surface area contributed by atoms with Gasteiger partial charge in [-0.1, -0.05) is 46.6 Å². The van der Waals surface area contributed by atoms with E-state index in [9.17, 15) is 4.79 Å². The van der Waals surface area contributed by atoms with Crippen LogP contribution in [0.25, 0.3) is 11.4 Å². The van der Waals surface area contributed by atoms with Crippen molar-refractivity contribution in [3.05, 3.63) is 64.5 Å². The maximum atomic E-state index is 12.8. The van der Waals surface area contributed by atoms with Gasteiger partial charge in [-0.05, 0) is 38.0 Å². The Kier molecular flexibility index (Phi) is 5.30. The normalized spacial score (nSPS) is 13.7. The molecule has 1 aromatic heterocycles. The van der Waals surface area contributed by atoms with Crippen molar-refractivity contribution >= 4 is 23.2 Å². The molecule has 1 aliphatic heterocycles. The minimum absolute atomic E-state index is 0.00614. The van der Waals surface area contributed by atoms with Gasteiger partial charge in [0.05, 0.1) is 12.1 Å². The Balaban J connectivity index is 1.49. The molecule has 1 saturated heterocycles. The summed E-state index contributed by atoms with van der Waals surface area (Å²) in [5, 5.41) is 7.81. The first kappa shape index (κ1) is 18.5. The Hall–Kier alpha value is -2.86. The molecule has 0 unspecified atom stereocenters. The first-order chi connectivity index (χ1) is 13.6. The molecule has 144 valence electrons. The number of halogens is 1. The number of benzene rings is 2. The quantitative estimate of drug-likeness (QED) is 0.685. The molecule has 1 aliphatic rings. The van der Waals surface area contributed by atoms with Gasteiger partial charge in [0, 0.05) is 29.4 Å². The lowest BCUT2D eigenvalue weighted by molar-refractivity contribution is 0.0793. The molecule has 0 aliphatic carbocycles. The number of carbonyl (C=O) groups is 1. The molecular weight excluding hydrogens is 376 g/mol. The van der Waals surface area contributed by atoms with Crippen molar-refractivity contribution in [2.24, 2.45) is 0 Å². The van der Waals surface area contributed by atoms with Crippen LogP contribution in [-0.4, -0.2) is 34.0 Å². The van der Waals surface area contributed by atoms with Crippen molar-refractivity contribution in [1.29, 1.82) is 0 Å². The largest absolute Gasteiger partial charge is 0.375 e. The summed E-state index contributed by atoms with van der Waals surface area (Å²) in [6.45, 7) is 3.92. The molecule has 6 nitrogen and oxygen atoms in total. The molecule has 0 bridgehead atoms. The second-order valence-corrected chi connectivity index (χ2v) is 7.36. The zero-order valence-corrected chi connectivity index (χ0v) is 16.4. The van der Waals surface area contributed by atoms with Crippen LogP contribution in [0.1, 0.15) is 34.7 Å². The molecule has 2 aromatic carbocycles. The minimum Gasteiger partial charge on any atom is -0.375 e. The van der Waals surface area contributed by atoms with Gasteiger partial charge in [-0.2, -0.15) is 4.98 Å². The Morgan fingerprint density at radius 3 is 2.68 bits per heavy atom. The van der Waals surface area contributed by atoms with E-state index in [0.717, 1.165) is 31.5 Å². The molecule has 2 heterocycles. The van der Waals surface area contributed by atoms with E-state index in [2.05, 4.69) is 15.5 Å². The van der Waals surface area contributed by atoms with Crippen LogP contribution in [-0.2, 0) is 6.54 Å². The van der Waals surface area contributed by atoms with E-state index in [0.29, 0.717) is 34.5 Å². The number of nitrogens with one attached hydrogen (secondary N) is 1. The predicted octanol–water partition coefficient (Wildman–Crippen LogP) is 4.55. The van der Waals surface area contributed by atoms with Crippen LogP contribution in [0, 0.1) is 6.92 Å². The van der Waals surface area contributed by atoms with Crippen LogP contribution in [0.4, 0.5) is 5.69 Å². The van der Waals surface area contributed by atoms with Crippen LogP contribution >= 0.6 is 11.6 Å². The highest BCUT2D eigenvalue weighted by Crippen LogP contribution is 2.25. The van der Waals surface area contributed by atoms with Gasteiger partial charge >= 0.3 is 0 Å². The molecule has 4 rings (SSSR count). The fourth-order valence-corrected chi connectivity index (χ4v) is 3.43. The Labute approximate surface area is 168 Å². The van der Waals surface area contributed by atoms with Crippen molar-refractivity contribution in [3.63, 3.8) is 0 Å². The number of nitrogens with zero attached hydrogens (tertiary/aromatic N) is 3. The summed E-state index contributed by atoms with van der Waals surface area (Å²) in [6.07, 6.45) is 2.08. The van der Waals surface area contributed by atoms with Crippen molar-refractivity contribution in [2.75, 3.05) is 18.4 Å². The first-order valence-electron chi connectivity index (χ1n) is 9.32. The summed E-state index contributed by atoms with van der Waals surface area (Å²) in [7, 11) is 0. The number of aryl methyl sites for hydroxylation is 1. The SMILES string of the molecule is Cc1ccc(-c2noc(CNc3ccc(Cl)cc3C(=O)N3CCCC3)n2)cc1. The van der Waals surface area contributed by atoms with E-state index in [-0.39, 0.29) is 5.91 Å². The number of amides is 1. The highest BCUT2D eigenvalue weighted by Gasteiger charge is 2.22. The number of hydrogen-bond acceptors (Lipinski definition) is 5. The number of rotatable bonds is 5. The summed E-state index contributed by atoms with van der Waals surface area (Å²) >= 11 is 6.13. The maximum absolute atomic E-state index is 12.8. The van der Waals surface area contributed by atoms with Gasteiger partial charge in [0.15, 0.2) is 0 Å². The third kappa shape index (κ3) is 4.02. The number of anilines is 1. The van der Waals surface area contributed by atoms with Gasteiger partial charge in [-0.25, -0.2) is 0 Å². The lowest BCUT2D eigenvalue weighted by atomic mass is 10.1. The van der Waals surface area contributed by atoms with E-state index in [1.54, 1.807) is 12.1 Å². The summed E-state index contributed by atoms with van der Waals surface area (Å²) in [6, 6.07) is 13.2. The van der Waals surface area contributed by atoms with E-state index in [1.807, 2.05) is 42.2 Å². The average Bonchev–Trinajstić information content (AvgIpc) is 3.39. The number of likely N-dealkylation sites (tertiary alicyclic amines) is 1. The highest BCUT2D eigenvalue weighted by molar-refractivity contribution is 6.31. The molecule has 1 fully saturated rings. The zero-order valence-electron chi connectivity index (χ0n) is 15.6. The fourth-order valence-electron chi connectivity index (χ4n) is 3.26. The number of hydrogen-bond donors (Lipinski definition) is 1. The van der Waals surface area contributed by atoms with Gasteiger partial charge in [-0.15, -0.1) is 0 Å². The topological polar surface area (TPSA) is 71.3 Å². The maximum Gasteiger partial charge on any atom is 0.256 e. The number of carbonyl (C=O) groups excluding carboxylic acids is 1. The van der Waals surface area contributed by atoms with Crippen LogP contribution in [0.2, 0.25) is 5.02 Å². The second-order valence-electron chi connectivity index (χ2n) is 6.92. The zero-order chi connectivity index (χ0) is 19.5. The van der Waals surface area contributed by atoms with Crippen molar-refractivity contribution < 1.29 is 9.32 Å². The van der Waals surface area contributed by atoms with Crippen LogP contribution in [0.5, 0.6) is 0 Å². The molecule has 1 amide bonds. The molecule has 0 spiro atoms. The van der Waals surface area contributed by atoms with E-state index in [1.165, 1.54) is 5.56 Å². The van der Waals surface area contributed by atoms with Crippen LogP contribution < -0.4 is 5.32 Å². The Morgan fingerprint density at radius 2 is 1.93 bits per heavy atom. The van der Waals surface area contributed by atoms with E-state index in [4.69, 9.17) is 16.1 Å². The van der Waals surface area contributed by atoms with Crippen LogP contribution in [0.3, 0.4) is 0 Å². The monoisotopic (exact) mass is 396 g/mol. The molecule has 28 heavy (non-hydrogen) atoms. The van der Waals surface area contributed by atoms with E-state index < -0.39 is 0 Å².